The van der Waals surface area contributed by atoms with Gasteiger partial charge in [0, 0.05) is 11.1 Å². The van der Waals surface area contributed by atoms with E-state index in [4.69, 9.17) is 5.73 Å². The van der Waals surface area contributed by atoms with Crippen LogP contribution in [0.15, 0.2) is 54.6 Å². The molecule has 0 fully saturated rings. The number of benzene rings is 3. The van der Waals surface area contributed by atoms with Crippen LogP contribution in [0, 0.1) is 12.7 Å². The molecule has 0 aliphatic rings. The van der Waals surface area contributed by atoms with Gasteiger partial charge in [0.1, 0.15) is 5.82 Å². The molecular weight excluding hydrogens is 237 g/mol. The van der Waals surface area contributed by atoms with Gasteiger partial charge in [0.25, 0.3) is 0 Å². The Morgan fingerprint density at radius 2 is 1.58 bits per heavy atom. The average molecular weight is 251 g/mol. The van der Waals surface area contributed by atoms with Gasteiger partial charge >= 0.3 is 0 Å². The van der Waals surface area contributed by atoms with Crippen molar-refractivity contribution in [3.63, 3.8) is 0 Å². The lowest BCUT2D eigenvalue weighted by Crippen LogP contribution is -1.91. The molecule has 0 aliphatic carbocycles. The van der Waals surface area contributed by atoms with E-state index < -0.39 is 0 Å². The summed E-state index contributed by atoms with van der Waals surface area (Å²) in [6.45, 7) is 2.03. The smallest absolute Gasteiger partial charge is 0.131 e. The van der Waals surface area contributed by atoms with Crippen molar-refractivity contribution in [2.45, 2.75) is 6.92 Å². The highest BCUT2D eigenvalue weighted by atomic mass is 19.1. The van der Waals surface area contributed by atoms with Crippen LogP contribution in [0.2, 0.25) is 0 Å². The molecule has 2 heteroatoms. The van der Waals surface area contributed by atoms with Crippen LogP contribution in [0.3, 0.4) is 0 Å². The van der Waals surface area contributed by atoms with Gasteiger partial charge in [-0.1, -0.05) is 36.4 Å². The first-order chi connectivity index (χ1) is 9.16. The standard InChI is InChI=1S/C17H14FN/c1-11-6-7-12(19)10-16(11)14-8-9-17(18)15-5-3-2-4-13(14)15/h2-10H,19H2,1H3. The fourth-order valence-electron chi connectivity index (χ4n) is 2.43. The number of nitrogen functional groups attached to an aromatic ring is 1. The molecule has 0 heterocycles. The van der Waals surface area contributed by atoms with Crippen LogP contribution < -0.4 is 5.73 Å². The monoisotopic (exact) mass is 251 g/mol. The Morgan fingerprint density at radius 3 is 2.37 bits per heavy atom. The van der Waals surface area contributed by atoms with Crippen molar-refractivity contribution >= 4 is 16.5 Å². The highest BCUT2D eigenvalue weighted by Crippen LogP contribution is 2.33. The van der Waals surface area contributed by atoms with Crippen molar-refractivity contribution in [1.82, 2.24) is 0 Å². The average Bonchev–Trinajstić information content (AvgIpc) is 2.43. The Labute approximate surface area is 111 Å². The third-order valence-electron chi connectivity index (χ3n) is 3.42. The zero-order chi connectivity index (χ0) is 13.4. The predicted octanol–water partition coefficient (Wildman–Crippen LogP) is 4.54. The van der Waals surface area contributed by atoms with E-state index >= 15 is 0 Å². The number of aryl methyl sites for hydroxylation is 1. The van der Waals surface area contributed by atoms with Gasteiger partial charge in [-0.25, -0.2) is 4.39 Å². The van der Waals surface area contributed by atoms with Crippen LogP contribution in [0.4, 0.5) is 10.1 Å². The largest absolute Gasteiger partial charge is 0.399 e. The predicted molar refractivity (Wildman–Crippen MR) is 78.5 cm³/mol. The maximum absolute atomic E-state index is 13.8. The second-order valence-electron chi connectivity index (χ2n) is 4.71. The van der Waals surface area contributed by atoms with Gasteiger partial charge in [0.05, 0.1) is 0 Å². The normalized spacial score (nSPS) is 10.8. The van der Waals surface area contributed by atoms with Crippen molar-refractivity contribution in [2.24, 2.45) is 0 Å². The number of nitrogens with two attached hydrogens (primary N) is 1. The Hall–Kier alpha value is -2.35. The first-order valence-electron chi connectivity index (χ1n) is 6.20. The van der Waals surface area contributed by atoms with Crippen molar-refractivity contribution < 1.29 is 4.39 Å². The summed E-state index contributed by atoms with van der Waals surface area (Å²) in [6.07, 6.45) is 0. The maximum Gasteiger partial charge on any atom is 0.131 e. The minimum absolute atomic E-state index is 0.194. The zero-order valence-corrected chi connectivity index (χ0v) is 10.7. The Balaban J connectivity index is 2.37. The third kappa shape index (κ3) is 1.95. The highest BCUT2D eigenvalue weighted by Gasteiger charge is 2.09. The van der Waals surface area contributed by atoms with Gasteiger partial charge in [-0.05, 0) is 47.2 Å². The molecule has 0 unspecified atom stereocenters. The first-order valence-corrected chi connectivity index (χ1v) is 6.20. The number of fused-ring (bicyclic) bond motifs is 1. The molecule has 19 heavy (non-hydrogen) atoms. The summed E-state index contributed by atoms with van der Waals surface area (Å²) in [6, 6.07) is 16.7. The second kappa shape index (κ2) is 4.39. The van der Waals surface area contributed by atoms with E-state index in [1.54, 1.807) is 6.07 Å². The van der Waals surface area contributed by atoms with Crippen LogP contribution in [-0.4, -0.2) is 0 Å². The zero-order valence-electron chi connectivity index (χ0n) is 10.7. The number of anilines is 1. The Bertz CT molecular complexity index is 762. The van der Waals surface area contributed by atoms with E-state index in [1.807, 2.05) is 49.4 Å². The van der Waals surface area contributed by atoms with Crippen molar-refractivity contribution in [3.05, 3.63) is 66.0 Å². The van der Waals surface area contributed by atoms with Crippen LogP contribution in [0.25, 0.3) is 21.9 Å². The molecule has 0 saturated heterocycles. The molecule has 0 amide bonds. The van der Waals surface area contributed by atoms with Gasteiger partial charge in [-0.2, -0.15) is 0 Å². The summed E-state index contributed by atoms with van der Waals surface area (Å²) in [4.78, 5) is 0. The summed E-state index contributed by atoms with van der Waals surface area (Å²) in [5, 5.41) is 1.55. The fraction of sp³-hybridized carbons (Fsp3) is 0.0588. The quantitative estimate of drug-likeness (QED) is 0.631. The molecule has 2 N–H and O–H groups in total. The number of hydrogen-bond acceptors (Lipinski definition) is 1. The molecule has 94 valence electrons. The van der Waals surface area contributed by atoms with Crippen LogP contribution in [0.1, 0.15) is 5.56 Å². The topological polar surface area (TPSA) is 26.0 Å². The van der Waals surface area contributed by atoms with Crippen LogP contribution in [-0.2, 0) is 0 Å². The van der Waals surface area contributed by atoms with Crippen molar-refractivity contribution in [1.29, 1.82) is 0 Å². The van der Waals surface area contributed by atoms with Crippen molar-refractivity contribution in [2.75, 3.05) is 5.73 Å². The lowest BCUT2D eigenvalue weighted by atomic mass is 9.94. The van der Waals surface area contributed by atoms with Crippen molar-refractivity contribution in [3.8, 4) is 11.1 Å². The molecule has 0 aliphatic heterocycles. The molecule has 0 atom stereocenters. The van der Waals surface area contributed by atoms with E-state index in [-0.39, 0.29) is 5.82 Å². The molecule has 3 rings (SSSR count). The summed E-state index contributed by atoms with van der Waals surface area (Å²) in [7, 11) is 0. The SMILES string of the molecule is Cc1ccc(N)cc1-c1ccc(F)c2ccccc12. The van der Waals surface area contributed by atoms with E-state index in [9.17, 15) is 4.39 Å². The maximum atomic E-state index is 13.8. The first kappa shape index (κ1) is 11.7. The Morgan fingerprint density at radius 1 is 0.842 bits per heavy atom. The molecule has 0 bridgehead atoms. The molecule has 3 aromatic carbocycles. The molecular formula is C17H14FN. The van der Waals surface area contributed by atoms with E-state index in [0.717, 1.165) is 22.1 Å². The molecule has 3 aromatic rings. The molecule has 0 spiro atoms. The van der Waals surface area contributed by atoms with Gasteiger partial charge in [-0.15, -0.1) is 0 Å². The highest BCUT2D eigenvalue weighted by molar-refractivity contribution is 5.98. The Kier molecular flexibility index (Phi) is 2.71. The number of halogens is 1. The van der Waals surface area contributed by atoms with E-state index in [1.165, 1.54) is 6.07 Å². The summed E-state index contributed by atoms with van der Waals surface area (Å²) in [5.41, 5.74) is 9.78. The molecule has 1 nitrogen and oxygen atoms in total. The van der Waals surface area contributed by atoms with E-state index in [0.29, 0.717) is 11.1 Å². The molecule has 0 aromatic heterocycles. The number of hydrogen-bond donors (Lipinski definition) is 1. The molecule has 0 saturated carbocycles. The van der Waals surface area contributed by atoms with Gasteiger partial charge in [0.15, 0.2) is 0 Å². The molecule has 0 radical (unpaired) electrons. The lowest BCUT2D eigenvalue weighted by Gasteiger charge is -2.11. The fourth-order valence-corrected chi connectivity index (χ4v) is 2.43. The van der Waals surface area contributed by atoms with E-state index in [2.05, 4.69) is 0 Å². The van der Waals surface area contributed by atoms with Gasteiger partial charge < -0.3 is 5.73 Å². The minimum Gasteiger partial charge on any atom is -0.399 e. The lowest BCUT2D eigenvalue weighted by molar-refractivity contribution is 0.640. The minimum atomic E-state index is -0.194. The summed E-state index contributed by atoms with van der Waals surface area (Å²) >= 11 is 0. The third-order valence-corrected chi connectivity index (χ3v) is 3.42. The summed E-state index contributed by atoms with van der Waals surface area (Å²) < 4.78 is 13.8. The number of rotatable bonds is 1. The second-order valence-corrected chi connectivity index (χ2v) is 4.71. The van der Waals surface area contributed by atoms with Crippen LogP contribution in [0.5, 0.6) is 0 Å². The summed E-state index contributed by atoms with van der Waals surface area (Å²) in [5.74, 6) is -0.194. The van der Waals surface area contributed by atoms with Gasteiger partial charge in [-0.3, -0.25) is 0 Å². The van der Waals surface area contributed by atoms with Gasteiger partial charge in [0.2, 0.25) is 0 Å². The van der Waals surface area contributed by atoms with Crippen LogP contribution >= 0.6 is 0 Å².